The minimum absolute atomic E-state index is 0.0159. The van der Waals surface area contributed by atoms with Crippen molar-refractivity contribution in [2.45, 2.75) is 51.5 Å². The lowest BCUT2D eigenvalue weighted by Gasteiger charge is -2.41. The molecule has 0 bridgehead atoms. The second-order valence-corrected chi connectivity index (χ2v) is 7.06. The maximum atomic E-state index is 12.9. The van der Waals surface area contributed by atoms with Gasteiger partial charge in [0.25, 0.3) is 0 Å². The fourth-order valence-corrected chi connectivity index (χ4v) is 3.70. The fraction of sp³-hybridized carbons (Fsp3) is 0.571. The van der Waals surface area contributed by atoms with Crippen LogP contribution in [0.3, 0.4) is 0 Å². The number of carbonyl (C=O) groups is 3. The fourth-order valence-electron chi connectivity index (χ4n) is 3.70. The lowest BCUT2D eigenvalue weighted by molar-refractivity contribution is -0.144. The number of rotatable bonds is 10. The molecule has 2 N–H and O–H groups in total. The highest BCUT2D eigenvalue weighted by Crippen LogP contribution is 2.40. The number of hydrogen-bond donors (Lipinski definition) is 2. The summed E-state index contributed by atoms with van der Waals surface area (Å²) in [6.07, 6.45) is 3.02. The second-order valence-electron chi connectivity index (χ2n) is 7.06. The van der Waals surface area contributed by atoms with Crippen LogP contribution >= 0.6 is 0 Å². The van der Waals surface area contributed by atoms with Gasteiger partial charge in [0.2, 0.25) is 11.8 Å². The Balaban J connectivity index is 2.26. The number of piperidine rings is 1. The highest BCUT2D eigenvalue weighted by Gasteiger charge is 2.41. The van der Waals surface area contributed by atoms with Crippen LogP contribution in [0.5, 0.6) is 5.75 Å². The second kappa shape index (κ2) is 10.7. The number of carboxylic acids is 1. The lowest BCUT2D eigenvalue weighted by atomic mass is 9.83. The van der Waals surface area contributed by atoms with Crippen molar-refractivity contribution in [2.24, 2.45) is 5.92 Å². The van der Waals surface area contributed by atoms with Crippen LogP contribution in [-0.4, -0.2) is 48.0 Å². The Morgan fingerprint density at radius 1 is 1.29 bits per heavy atom. The van der Waals surface area contributed by atoms with E-state index in [-0.39, 0.29) is 24.3 Å². The number of methoxy groups -OCH3 is 1. The highest BCUT2D eigenvalue weighted by atomic mass is 16.5. The molecule has 2 amide bonds. The molecule has 1 fully saturated rings. The number of benzene rings is 1. The number of likely N-dealkylation sites (tertiary alicyclic amines) is 1. The van der Waals surface area contributed by atoms with E-state index >= 15 is 0 Å². The molecular weight excluding hydrogens is 360 g/mol. The first-order valence-corrected chi connectivity index (χ1v) is 9.91. The van der Waals surface area contributed by atoms with Crippen LogP contribution in [-0.2, 0) is 14.4 Å². The van der Waals surface area contributed by atoms with Gasteiger partial charge in [0.15, 0.2) is 0 Å². The predicted octanol–water partition coefficient (Wildman–Crippen LogP) is 2.76. The molecule has 28 heavy (non-hydrogen) atoms. The molecule has 2 unspecified atom stereocenters. The summed E-state index contributed by atoms with van der Waals surface area (Å²) in [6, 6.07) is 7.12. The van der Waals surface area contributed by atoms with Crippen LogP contribution in [0.15, 0.2) is 24.3 Å². The number of amides is 2. The van der Waals surface area contributed by atoms with Crippen LogP contribution < -0.4 is 10.1 Å². The normalized spacial score (nSPS) is 19.4. The molecule has 1 aromatic rings. The van der Waals surface area contributed by atoms with Gasteiger partial charge in [-0.15, -0.1) is 0 Å². The van der Waals surface area contributed by atoms with Gasteiger partial charge in [-0.1, -0.05) is 31.5 Å². The quantitative estimate of drug-likeness (QED) is 0.599. The van der Waals surface area contributed by atoms with E-state index in [1.54, 1.807) is 7.11 Å². The van der Waals surface area contributed by atoms with Gasteiger partial charge in [-0.2, -0.15) is 0 Å². The van der Waals surface area contributed by atoms with Gasteiger partial charge >= 0.3 is 5.97 Å². The van der Waals surface area contributed by atoms with Crippen molar-refractivity contribution in [1.82, 2.24) is 10.2 Å². The first kappa shape index (κ1) is 21.7. The summed E-state index contributed by atoms with van der Waals surface area (Å²) in [7, 11) is 1.58. The average molecular weight is 390 g/mol. The number of para-hydroxylation sites is 1. The van der Waals surface area contributed by atoms with Gasteiger partial charge in [-0.05, 0) is 25.3 Å². The van der Waals surface area contributed by atoms with E-state index in [2.05, 4.69) is 12.2 Å². The number of hydrogen-bond acceptors (Lipinski definition) is 4. The van der Waals surface area contributed by atoms with Gasteiger partial charge in [-0.25, -0.2) is 0 Å². The zero-order valence-electron chi connectivity index (χ0n) is 16.6. The molecule has 0 aliphatic carbocycles. The van der Waals surface area contributed by atoms with E-state index in [9.17, 15) is 14.4 Å². The van der Waals surface area contributed by atoms with Crippen molar-refractivity contribution in [3.63, 3.8) is 0 Å². The Labute approximate surface area is 166 Å². The van der Waals surface area contributed by atoms with Crippen LogP contribution in [0, 0.1) is 5.92 Å². The molecule has 1 heterocycles. The Bertz CT molecular complexity index is 691. The third kappa shape index (κ3) is 5.47. The van der Waals surface area contributed by atoms with Crippen molar-refractivity contribution in [3.05, 3.63) is 29.8 Å². The first-order chi connectivity index (χ1) is 13.5. The predicted molar refractivity (Wildman–Crippen MR) is 105 cm³/mol. The third-order valence-corrected chi connectivity index (χ3v) is 5.12. The van der Waals surface area contributed by atoms with Crippen molar-refractivity contribution in [3.8, 4) is 5.75 Å². The number of aliphatic carboxylic acids is 1. The molecule has 7 heteroatoms. The SMILES string of the molecule is CCCCN1C(=O)CCC(C(=O)NCCCC(=O)O)C1c1ccccc1OC. The van der Waals surface area contributed by atoms with E-state index in [1.807, 2.05) is 29.2 Å². The molecule has 0 saturated carbocycles. The molecule has 0 aromatic heterocycles. The Hall–Kier alpha value is -2.57. The van der Waals surface area contributed by atoms with Gasteiger partial charge in [0.1, 0.15) is 5.75 Å². The number of carbonyl (C=O) groups excluding carboxylic acids is 2. The van der Waals surface area contributed by atoms with Crippen LogP contribution in [0.1, 0.15) is 57.1 Å². The summed E-state index contributed by atoms with van der Waals surface area (Å²) in [5.41, 5.74) is 0.833. The third-order valence-electron chi connectivity index (χ3n) is 5.12. The van der Waals surface area contributed by atoms with E-state index in [0.717, 1.165) is 18.4 Å². The largest absolute Gasteiger partial charge is 0.496 e. The summed E-state index contributed by atoms with van der Waals surface area (Å²) in [5, 5.41) is 11.6. The highest BCUT2D eigenvalue weighted by molar-refractivity contribution is 5.85. The molecule has 2 atom stereocenters. The number of ether oxygens (including phenoxy) is 1. The van der Waals surface area contributed by atoms with E-state index in [4.69, 9.17) is 9.84 Å². The van der Waals surface area contributed by atoms with E-state index in [1.165, 1.54) is 0 Å². The van der Waals surface area contributed by atoms with Crippen LogP contribution in [0.25, 0.3) is 0 Å². The van der Waals surface area contributed by atoms with Crippen LogP contribution in [0.2, 0.25) is 0 Å². The lowest BCUT2D eigenvalue weighted by Crippen LogP contribution is -2.48. The molecule has 1 saturated heterocycles. The Kier molecular flexibility index (Phi) is 8.29. The molecule has 1 aliphatic heterocycles. The van der Waals surface area contributed by atoms with Crippen LogP contribution in [0.4, 0.5) is 0 Å². The zero-order chi connectivity index (χ0) is 20.5. The zero-order valence-corrected chi connectivity index (χ0v) is 16.6. The summed E-state index contributed by atoms with van der Waals surface area (Å²) >= 11 is 0. The van der Waals surface area contributed by atoms with Crippen molar-refractivity contribution in [2.75, 3.05) is 20.2 Å². The first-order valence-electron chi connectivity index (χ1n) is 9.91. The van der Waals surface area contributed by atoms with Crippen molar-refractivity contribution < 1.29 is 24.2 Å². The smallest absolute Gasteiger partial charge is 0.303 e. The molecule has 1 aromatic carbocycles. The maximum Gasteiger partial charge on any atom is 0.303 e. The Morgan fingerprint density at radius 2 is 2.04 bits per heavy atom. The number of nitrogens with zero attached hydrogens (tertiary/aromatic N) is 1. The van der Waals surface area contributed by atoms with E-state index in [0.29, 0.717) is 38.1 Å². The molecule has 2 rings (SSSR count). The number of nitrogens with one attached hydrogen (secondary N) is 1. The number of unbranched alkanes of at least 4 members (excludes halogenated alkanes) is 1. The molecule has 0 radical (unpaired) electrons. The molecule has 154 valence electrons. The summed E-state index contributed by atoms with van der Waals surface area (Å²) in [6.45, 7) is 2.98. The topological polar surface area (TPSA) is 95.9 Å². The molecule has 0 spiro atoms. The number of carboxylic acid groups (broad SMARTS) is 1. The summed E-state index contributed by atoms with van der Waals surface area (Å²) < 4.78 is 5.50. The minimum Gasteiger partial charge on any atom is -0.496 e. The Morgan fingerprint density at radius 3 is 2.71 bits per heavy atom. The maximum absolute atomic E-state index is 12.9. The van der Waals surface area contributed by atoms with Gasteiger partial charge < -0.3 is 20.1 Å². The van der Waals surface area contributed by atoms with Crippen molar-refractivity contribution in [1.29, 1.82) is 0 Å². The van der Waals surface area contributed by atoms with Crippen molar-refractivity contribution >= 4 is 17.8 Å². The average Bonchev–Trinajstić information content (AvgIpc) is 2.69. The van der Waals surface area contributed by atoms with Gasteiger partial charge in [0, 0.05) is 31.5 Å². The summed E-state index contributed by atoms with van der Waals surface area (Å²) in [5.74, 6) is -0.701. The standard InChI is InChI=1S/C21H30N2O5/c1-3-4-14-23-18(24)12-11-16(21(27)22-13-7-10-19(25)26)20(23)15-8-5-6-9-17(15)28-2/h5-6,8-9,16,20H,3-4,7,10-14H2,1-2H3,(H,22,27)(H,25,26). The monoisotopic (exact) mass is 390 g/mol. The molecular formula is C21H30N2O5. The van der Waals surface area contributed by atoms with Gasteiger partial charge in [0.05, 0.1) is 19.1 Å². The molecule has 1 aliphatic rings. The van der Waals surface area contributed by atoms with Gasteiger partial charge in [-0.3, -0.25) is 14.4 Å². The summed E-state index contributed by atoms with van der Waals surface area (Å²) in [4.78, 5) is 38.1. The minimum atomic E-state index is -0.879. The molecule has 7 nitrogen and oxygen atoms in total. The van der Waals surface area contributed by atoms with E-state index < -0.39 is 11.9 Å².